The Kier molecular flexibility index (Phi) is 4.58. The first-order valence-corrected chi connectivity index (χ1v) is 7.80. The number of rotatable bonds is 5. The zero-order valence-electron chi connectivity index (χ0n) is 11.5. The van der Waals surface area contributed by atoms with E-state index >= 15 is 0 Å². The fourth-order valence-corrected chi connectivity index (χ4v) is 2.76. The molecule has 0 unspecified atom stereocenters. The lowest BCUT2D eigenvalue weighted by molar-refractivity contribution is 0.588. The Hall–Kier alpha value is -2.36. The highest BCUT2D eigenvalue weighted by atomic mass is 32.2. The summed E-state index contributed by atoms with van der Waals surface area (Å²) < 4.78 is 26.2. The predicted octanol–water partition coefficient (Wildman–Crippen LogP) is 2.08. The number of nitrogens with one attached hydrogen (secondary N) is 2. The van der Waals surface area contributed by atoms with E-state index in [0.717, 1.165) is 5.56 Å². The monoisotopic (exact) mass is 301 g/mol. The Balaban J connectivity index is 2.19. The second kappa shape index (κ2) is 6.39. The molecule has 0 amide bonds. The maximum Gasteiger partial charge on any atom is 0.242 e. The zero-order valence-corrected chi connectivity index (χ0v) is 12.3. The van der Waals surface area contributed by atoms with Crippen molar-refractivity contribution in [1.82, 2.24) is 4.72 Å². The third kappa shape index (κ3) is 3.60. The Morgan fingerprint density at radius 3 is 2.38 bits per heavy atom. The van der Waals surface area contributed by atoms with Gasteiger partial charge in [0, 0.05) is 6.54 Å². The van der Waals surface area contributed by atoms with E-state index in [1.807, 2.05) is 12.1 Å². The van der Waals surface area contributed by atoms with Gasteiger partial charge in [0.2, 0.25) is 10.0 Å². The summed E-state index contributed by atoms with van der Waals surface area (Å²) >= 11 is 0. The van der Waals surface area contributed by atoms with E-state index in [1.54, 1.807) is 36.4 Å². The number of nitrogens with zero attached hydrogens (tertiary/aromatic N) is 1. The van der Waals surface area contributed by atoms with Crippen LogP contribution in [-0.4, -0.2) is 15.5 Å². The molecule has 0 heterocycles. The van der Waals surface area contributed by atoms with E-state index in [1.165, 1.54) is 7.05 Å². The predicted molar refractivity (Wildman–Crippen MR) is 81.2 cm³/mol. The van der Waals surface area contributed by atoms with Crippen LogP contribution in [0, 0.1) is 11.3 Å². The minimum atomic E-state index is -3.50. The van der Waals surface area contributed by atoms with Crippen LogP contribution in [0.4, 0.5) is 5.69 Å². The molecule has 0 aliphatic heterocycles. The molecule has 2 N–H and O–H groups in total. The molecule has 0 fully saturated rings. The zero-order chi connectivity index (χ0) is 15.3. The molecule has 0 bridgehead atoms. The van der Waals surface area contributed by atoms with Crippen LogP contribution in [0.1, 0.15) is 11.1 Å². The molecule has 21 heavy (non-hydrogen) atoms. The fraction of sp³-hybridized carbons (Fsp3) is 0.133. The Bertz CT molecular complexity index is 762. The first-order chi connectivity index (χ1) is 10.1. The molecular weight excluding hydrogens is 286 g/mol. The van der Waals surface area contributed by atoms with Gasteiger partial charge in [-0.05, 0) is 36.9 Å². The summed E-state index contributed by atoms with van der Waals surface area (Å²) in [5.41, 5.74) is 2.10. The van der Waals surface area contributed by atoms with Crippen LogP contribution in [0.5, 0.6) is 0 Å². The molecule has 2 rings (SSSR count). The van der Waals surface area contributed by atoms with Crippen LogP contribution in [0.15, 0.2) is 53.4 Å². The summed E-state index contributed by atoms with van der Waals surface area (Å²) in [5.74, 6) is 0. The lowest BCUT2D eigenvalue weighted by atomic mass is 10.1. The second-order valence-electron chi connectivity index (χ2n) is 4.37. The van der Waals surface area contributed by atoms with Crippen molar-refractivity contribution in [3.05, 3.63) is 59.7 Å². The van der Waals surface area contributed by atoms with Gasteiger partial charge in [-0.1, -0.05) is 24.3 Å². The van der Waals surface area contributed by atoms with E-state index < -0.39 is 10.0 Å². The van der Waals surface area contributed by atoms with Gasteiger partial charge in [0.25, 0.3) is 0 Å². The quantitative estimate of drug-likeness (QED) is 0.886. The van der Waals surface area contributed by atoms with E-state index in [4.69, 9.17) is 5.26 Å². The first-order valence-electron chi connectivity index (χ1n) is 6.32. The normalized spacial score (nSPS) is 10.9. The van der Waals surface area contributed by atoms with E-state index in [2.05, 4.69) is 16.1 Å². The van der Waals surface area contributed by atoms with Gasteiger partial charge in [-0.3, -0.25) is 0 Å². The van der Waals surface area contributed by atoms with Crippen molar-refractivity contribution in [2.75, 3.05) is 12.4 Å². The van der Waals surface area contributed by atoms with E-state index in [0.29, 0.717) is 17.8 Å². The molecule has 6 heteroatoms. The fourth-order valence-electron chi connectivity index (χ4n) is 1.85. The standard InChI is InChI=1S/C15H15N3O2S/c1-17-21(19,20)15-5-3-2-4-14(15)18-11-13-8-6-12(10-16)7-9-13/h2-9,17-18H,11H2,1H3. The molecule has 0 atom stereocenters. The van der Waals surface area contributed by atoms with E-state index in [9.17, 15) is 8.42 Å². The lowest BCUT2D eigenvalue weighted by Gasteiger charge is -2.12. The van der Waals surface area contributed by atoms with Crippen molar-refractivity contribution in [2.24, 2.45) is 0 Å². The van der Waals surface area contributed by atoms with Crippen LogP contribution >= 0.6 is 0 Å². The smallest absolute Gasteiger partial charge is 0.242 e. The minimum Gasteiger partial charge on any atom is -0.380 e. The average Bonchev–Trinajstić information content (AvgIpc) is 2.53. The molecule has 5 nitrogen and oxygen atoms in total. The highest BCUT2D eigenvalue weighted by Crippen LogP contribution is 2.21. The number of sulfonamides is 1. The van der Waals surface area contributed by atoms with Gasteiger partial charge in [-0.25, -0.2) is 13.1 Å². The van der Waals surface area contributed by atoms with Crippen molar-refractivity contribution >= 4 is 15.7 Å². The van der Waals surface area contributed by atoms with Gasteiger partial charge in [-0.2, -0.15) is 5.26 Å². The van der Waals surface area contributed by atoms with Gasteiger partial charge in [0.1, 0.15) is 4.90 Å². The number of benzene rings is 2. The number of nitriles is 1. The van der Waals surface area contributed by atoms with Gasteiger partial charge in [-0.15, -0.1) is 0 Å². The van der Waals surface area contributed by atoms with Gasteiger partial charge in [0.05, 0.1) is 17.3 Å². The molecule has 0 aromatic heterocycles. The summed E-state index contributed by atoms with van der Waals surface area (Å²) in [7, 11) is -2.12. The molecule has 0 saturated heterocycles. The van der Waals surface area contributed by atoms with Gasteiger partial charge < -0.3 is 5.32 Å². The maximum atomic E-state index is 11.9. The number of hydrogen-bond acceptors (Lipinski definition) is 4. The number of hydrogen-bond donors (Lipinski definition) is 2. The largest absolute Gasteiger partial charge is 0.380 e. The van der Waals surface area contributed by atoms with Gasteiger partial charge in [0.15, 0.2) is 0 Å². The van der Waals surface area contributed by atoms with Crippen LogP contribution in [0.25, 0.3) is 0 Å². The minimum absolute atomic E-state index is 0.209. The van der Waals surface area contributed by atoms with Crippen molar-refractivity contribution < 1.29 is 8.42 Å². The summed E-state index contributed by atoms with van der Waals surface area (Å²) in [4.78, 5) is 0.209. The van der Waals surface area contributed by atoms with E-state index in [-0.39, 0.29) is 4.90 Å². The van der Waals surface area contributed by atoms with Crippen LogP contribution in [-0.2, 0) is 16.6 Å². The molecular formula is C15H15N3O2S. The van der Waals surface area contributed by atoms with Crippen LogP contribution in [0.2, 0.25) is 0 Å². The Morgan fingerprint density at radius 1 is 1.10 bits per heavy atom. The summed E-state index contributed by atoms with van der Waals surface area (Å²) in [6, 6.07) is 15.9. The van der Waals surface area contributed by atoms with Crippen LogP contribution in [0.3, 0.4) is 0 Å². The molecule has 108 valence electrons. The topological polar surface area (TPSA) is 82.0 Å². The van der Waals surface area contributed by atoms with Crippen LogP contribution < -0.4 is 10.0 Å². The number of anilines is 1. The first kappa shape index (κ1) is 15.0. The number of para-hydroxylation sites is 1. The van der Waals surface area contributed by atoms with Crippen molar-refractivity contribution in [1.29, 1.82) is 5.26 Å². The molecule has 0 aliphatic rings. The summed E-state index contributed by atoms with van der Waals surface area (Å²) in [6.07, 6.45) is 0. The van der Waals surface area contributed by atoms with Crippen molar-refractivity contribution in [2.45, 2.75) is 11.4 Å². The molecule has 2 aromatic rings. The Labute approximate surface area is 124 Å². The van der Waals surface area contributed by atoms with Crippen molar-refractivity contribution in [3.8, 4) is 6.07 Å². The third-order valence-corrected chi connectivity index (χ3v) is 4.48. The lowest BCUT2D eigenvalue weighted by Crippen LogP contribution is -2.20. The third-order valence-electron chi connectivity index (χ3n) is 3.01. The highest BCUT2D eigenvalue weighted by molar-refractivity contribution is 7.89. The molecule has 0 spiro atoms. The SMILES string of the molecule is CNS(=O)(=O)c1ccccc1NCc1ccc(C#N)cc1. The molecule has 0 saturated carbocycles. The highest BCUT2D eigenvalue weighted by Gasteiger charge is 2.15. The second-order valence-corrected chi connectivity index (χ2v) is 6.22. The summed E-state index contributed by atoms with van der Waals surface area (Å²) in [5, 5.41) is 11.9. The molecule has 2 aromatic carbocycles. The van der Waals surface area contributed by atoms with Crippen molar-refractivity contribution in [3.63, 3.8) is 0 Å². The summed E-state index contributed by atoms with van der Waals surface area (Å²) in [6.45, 7) is 0.474. The Morgan fingerprint density at radius 2 is 1.76 bits per heavy atom. The van der Waals surface area contributed by atoms with Gasteiger partial charge >= 0.3 is 0 Å². The maximum absolute atomic E-state index is 11.9. The average molecular weight is 301 g/mol. The molecule has 0 radical (unpaired) electrons. The molecule has 0 aliphatic carbocycles.